The molecular formula is C22H14FN5OS. The van der Waals surface area contributed by atoms with Crippen LogP contribution in [0.15, 0.2) is 52.8 Å². The summed E-state index contributed by atoms with van der Waals surface area (Å²) in [4.78, 5) is 20.8. The van der Waals surface area contributed by atoms with Crippen LogP contribution in [0.3, 0.4) is 0 Å². The number of nitrogens with one attached hydrogen (secondary N) is 1. The van der Waals surface area contributed by atoms with E-state index in [1.807, 2.05) is 17.5 Å². The number of thiazole rings is 1. The van der Waals surface area contributed by atoms with Crippen LogP contribution in [0.4, 0.5) is 9.18 Å². The summed E-state index contributed by atoms with van der Waals surface area (Å²) < 4.78 is 14.2. The fraction of sp³-hybridized carbons (Fsp3) is 0.136. The summed E-state index contributed by atoms with van der Waals surface area (Å²) >= 11 is 1.42. The van der Waals surface area contributed by atoms with E-state index in [1.54, 1.807) is 31.2 Å². The lowest BCUT2D eigenvalue weighted by Gasteiger charge is -2.30. The van der Waals surface area contributed by atoms with Gasteiger partial charge < -0.3 is 5.32 Å². The molecule has 2 amide bonds. The molecule has 2 atom stereocenters. The average molecular weight is 415 g/mol. The van der Waals surface area contributed by atoms with Gasteiger partial charge in [-0.2, -0.15) is 10.5 Å². The molecule has 0 fully saturated rings. The van der Waals surface area contributed by atoms with Gasteiger partial charge in [0.1, 0.15) is 16.9 Å². The Labute approximate surface area is 176 Å². The molecule has 2 aromatic carbocycles. The van der Waals surface area contributed by atoms with Gasteiger partial charge in [0.2, 0.25) is 0 Å². The van der Waals surface area contributed by atoms with Gasteiger partial charge >= 0.3 is 6.03 Å². The van der Waals surface area contributed by atoms with Crippen molar-refractivity contribution < 1.29 is 9.18 Å². The van der Waals surface area contributed by atoms with Gasteiger partial charge in [-0.3, -0.25) is 0 Å². The van der Waals surface area contributed by atoms with Crippen LogP contribution in [0.25, 0.3) is 11.3 Å². The fourth-order valence-electron chi connectivity index (χ4n) is 3.41. The van der Waals surface area contributed by atoms with Gasteiger partial charge in [-0.25, -0.2) is 19.2 Å². The van der Waals surface area contributed by atoms with Crippen LogP contribution in [-0.4, -0.2) is 16.7 Å². The second-order valence-electron chi connectivity index (χ2n) is 6.77. The Hall–Kier alpha value is -3.88. The summed E-state index contributed by atoms with van der Waals surface area (Å²) in [6.45, 7) is 1.75. The van der Waals surface area contributed by atoms with Crippen molar-refractivity contribution in [3.05, 3.63) is 75.4 Å². The first-order chi connectivity index (χ1) is 14.5. The molecule has 0 bridgehead atoms. The molecule has 3 aromatic rings. The summed E-state index contributed by atoms with van der Waals surface area (Å²) in [5.41, 5.74) is 3.24. The number of rotatable bonds is 3. The van der Waals surface area contributed by atoms with E-state index in [-0.39, 0.29) is 11.5 Å². The molecule has 0 saturated heterocycles. The molecule has 8 heteroatoms. The van der Waals surface area contributed by atoms with Crippen molar-refractivity contribution in [3.8, 4) is 23.4 Å². The van der Waals surface area contributed by atoms with Crippen LogP contribution in [-0.2, 0) is 0 Å². The number of nitriles is 2. The molecule has 0 spiro atoms. The van der Waals surface area contributed by atoms with Gasteiger partial charge in [-0.1, -0.05) is 18.2 Å². The third-order valence-corrected chi connectivity index (χ3v) is 5.84. The monoisotopic (exact) mass is 415 g/mol. The van der Waals surface area contributed by atoms with E-state index in [0.29, 0.717) is 16.8 Å². The van der Waals surface area contributed by atoms with E-state index in [2.05, 4.69) is 16.4 Å². The second kappa shape index (κ2) is 7.86. The number of aliphatic imine (C=N–C) groups is 1. The zero-order valence-electron chi connectivity index (χ0n) is 15.8. The van der Waals surface area contributed by atoms with Gasteiger partial charge in [-0.15, -0.1) is 11.3 Å². The second-order valence-corrected chi connectivity index (χ2v) is 7.66. The minimum Gasteiger partial charge on any atom is -0.328 e. The highest BCUT2D eigenvalue weighted by Gasteiger charge is 2.35. The number of hydrogen-bond donors (Lipinski definition) is 1. The molecule has 0 saturated carbocycles. The molecule has 1 N–H and O–H groups in total. The Bertz CT molecular complexity index is 1250. The third-order valence-electron chi connectivity index (χ3n) is 4.91. The first-order valence-electron chi connectivity index (χ1n) is 9.01. The zero-order chi connectivity index (χ0) is 21.3. The number of nitrogens with zero attached hydrogens (tertiary/aromatic N) is 4. The van der Waals surface area contributed by atoms with Crippen LogP contribution in [0.1, 0.15) is 40.6 Å². The maximum Gasteiger partial charge on any atom is 0.341 e. The Kier molecular flexibility index (Phi) is 5.09. The van der Waals surface area contributed by atoms with Crippen LogP contribution in [0, 0.1) is 28.5 Å². The molecule has 1 aliphatic rings. The number of urea groups is 1. The summed E-state index contributed by atoms with van der Waals surface area (Å²) in [6, 6.07) is 14.2. The average Bonchev–Trinajstić information content (AvgIpc) is 3.22. The molecule has 2 heterocycles. The lowest BCUT2D eigenvalue weighted by molar-refractivity contribution is 0.243. The predicted molar refractivity (Wildman–Crippen MR) is 111 cm³/mol. The molecule has 4 rings (SSSR count). The summed E-state index contributed by atoms with van der Waals surface area (Å²) in [5, 5.41) is 23.4. The van der Waals surface area contributed by atoms with Crippen molar-refractivity contribution in [1.29, 1.82) is 10.5 Å². The lowest BCUT2D eigenvalue weighted by Crippen LogP contribution is -2.38. The third kappa shape index (κ3) is 3.57. The first-order valence-corrected chi connectivity index (χ1v) is 9.89. The Morgan fingerprint density at radius 3 is 2.57 bits per heavy atom. The number of aromatic nitrogens is 1. The van der Waals surface area contributed by atoms with Crippen molar-refractivity contribution in [2.24, 2.45) is 4.99 Å². The SMILES string of the molecule is CC1=NC(=O)NC(c2ccc(C#N)c(F)c2)C1c1nc(-c2ccc(C#N)cc2)cs1. The Morgan fingerprint density at radius 1 is 1.13 bits per heavy atom. The number of carbonyl (C=O) groups is 1. The Morgan fingerprint density at radius 2 is 1.90 bits per heavy atom. The summed E-state index contributed by atoms with van der Waals surface area (Å²) in [6.07, 6.45) is 0. The highest BCUT2D eigenvalue weighted by atomic mass is 32.1. The zero-order valence-corrected chi connectivity index (χ0v) is 16.6. The highest BCUT2D eigenvalue weighted by molar-refractivity contribution is 7.10. The molecule has 6 nitrogen and oxygen atoms in total. The van der Waals surface area contributed by atoms with E-state index in [1.165, 1.54) is 23.5 Å². The topological polar surface area (TPSA) is 102 Å². The quantitative estimate of drug-likeness (QED) is 0.670. The molecule has 0 radical (unpaired) electrons. The normalized spacial score (nSPS) is 18.1. The van der Waals surface area contributed by atoms with Crippen molar-refractivity contribution in [1.82, 2.24) is 10.3 Å². The molecule has 1 aromatic heterocycles. The van der Waals surface area contributed by atoms with E-state index in [9.17, 15) is 9.18 Å². The largest absolute Gasteiger partial charge is 0.341 e. The van der Waals surface area contributed by atoms with Gasteiger partial charge in [0.25, 0.3) is 0 Å². The molecule has 146 valence electrons. The standard InChI is InChI=1S/C22H14FN5OS/c1-12-19(21-27-18(11-30-21)14-4-2-13(9-24)3-5-14)20(28-22(29)26-12)15-6-7-16(10-25)17(23)8-15/h2-8,11,19-20H,1H3,(H,28,29). The minimum atomic E-state index is -0.638. The van der Waals surface area contributed by atoms with Crippen molar-refractivity contribution in [2.75, 3.05) is 0 Å². The summed E-state index contributed by atoms with van der Waals surface area (Å²) in [5.74, 6) is -1.01. The Balaban J connectivity index is 1.73. The molecule has 2 unspecified atom stereocenters. The fourth-order valence-corrected chi connectivity index (χ4v) is 4.44. The maximum absolute atomic E-state index is 14.2. The van der Waals surface area contributed by atoms with Crippen molar-refractivity contribution >= 4 is 23.1 Å². The van der Waals surface area contributed by atoms with Gasteiger partial charge in [-0.05, 0) is 36.8 Å². The number of amides is 2. The molecule has 0 aliphatic carbocycles. The van der Waals surface area contributed by atoms with E-state index < -0.39 is 17.9 Å². The smallest absolute Gasteiger partial charge is 0.328 e. The van der Waals surface area contributed by atoms with Gasteiger partial charge in [0.15, 0.2) is 0 Å². The van der Waals surface area contributed by atoms with Crippen LogP contribution >= 0.6 is 11.3 Å². The van der Waals surface area contributed by atoms with Crippen LogP contribution in [0.5, 0.6) is 0 Å². The number of carbonyl (C=O) groups excluding carboxylic acids is 1. The van der Waals surface area contributed by atoms with E-state index in [4.69, 9.17) is 15.5 Å². The van der Waals surface area contributed by atoms with E-state index in [0.717, 1.165) is 16.3 Å². The van der Waals surface area contributed by atoms with Crippen molar-refractivity contribution in [3.63, 3.8) is 0 Å². The van der Waals surface area contributed by atoms with Crippen LogP contribution < -0.4 is 5.32 Å². The van der Waals surface area contributed by atoms with Gasteiger partial charge in [0.05, 0.1) is 34.8 Å². The molecule has 1 aliphatic heterocycles. The lowest BCUT2D eigenvalue weighted by atomic mass is 9.88. The predicted octanol–water partition coefficient (Wildman–Crippen LogP) is 4.70. The van der Waals surface area contributed by atoms with Gasteiger partial charge in [0, 0.05) is 16.7 Å². The van der Waals surface area contributed by atoms with Crippen LogP contribution in [0.2, 0.25) is 0 Å². The minimum absolute atomic E-state index is 0.0554. The molecule has 30 heavy (non-hydrogen) atoms. The number of benzene rings is 2. The van der Waals surface area contributed by atoms with E-state index >= 15 is 0 Å². The molecular weight excluding hydrogens is 401 g/mol. The number of hydrogen-bond acceptors (Lipinski definition) is 5. The summed E-state index contributed by atoms with van der Waals surface area (Å²) in [7, 11) is 0. The first kappa shape index (κ1) is 19.4. The maximum atomic E-state index is 14.2. The van der Waals surface area contributed by atoms with Crippen molar-refractivity contribution in [2.45, 2.75) is 18.9 Å². The number of halogens is 1. The highest BCUT2D eigenvalue weighted by Crippen LogP contribution is 2.38.